The maximum atomic E-state index is 11.8. The van der Waals surface area contributed by atoms with E-state index in [0.29, 0.717) is 13.0 Å². The molecule has 0 heterocycles. The molecule has 0 saturated carbocycles. The standard InChI is InChI=1S/C11H24N2O/c1-9(6-7-12)13(5)10(14)8-11(2,3)4/h9H,6-8,12H2,1-5H3. The second kappa shape index (κ2) is 5.35. The SMILES string of the molecule is CC(CCN)N(C)C(=O)CC(C)(C)C. The molecule has 3 heteroatoms. The zero-order valence-corrected chi connectivity index (χ0v) is 10.1. The maximum absolute atomic E-state index is 11.8. The van der Waals surface area contributed by atoms with Gasteiger partial charge in [0.05, 0.1) is 0 Å². The molecule has 0 bridgehead atoms. The third-order valence-corrected chi connectivity index (χ3v) is 2.32. The van der Waals surface area contributed by atoms with Gasteiger partial charge in [-0.15, -0.1) is 0 Å². The zero-order valence-electron chi connectivity index (χ0n) is 10.1. The summed E-state index contributed by atoms with van der Waals surface area (Å²) in [6, 6.07) is 0.245. The summed E-state index contributed by atoms with van der Waals surface area (Å²) in [6.45, 7) is 8.90. The number of carbonyl (C=O) groups is 1. The Morgan fingerprint density at radius 2 is 1.93 bits per heavy atom. The zero-order chi connectivity index (χ0) is 11.4. The average Bonchev–Trinajstić information content (AvgIpc) is 2.00. The van der Waals surface area contributed by atoms with Crippen LogP contribution in [0.1, 0.15) is 40.5 Å². The van der Waals surface area contributed by atoms with Crippen molar-refractivity contribution in [2.45, 2.75) is 46.6 Å². The molecule has 0 aliphatic rings. The number of nitrogens with zero attached hydrogens (tertiary/aromatic N) is 1. The molecule has 1 atom stereocenters. The highest BCUT2D eigenvalue weighted by Gasteiger charge is 2.21. The first-order valence-corrected chi connectivity index (χ1v) is 5.23. The Bertz CT molecular complexity index is 184. The topological polar surface area (TPSA) is 46.3 Å². The van der Waals surface area contributed by atoms with E-state index in [1.54, 1.807) is 4.90 Å². The Labute approximate surface area is 87.6 Å². The Kier molecular flexibility index (Phi) is 5.13. The lowest BCUT2D eigenvalue weighted by molar-refractivity contribution is -0.133. The quantitative estimate of drug-likeness (QED) is 0.749. The molecule has 0 radical (unpaired) electrons. The Morgan fingerprint density at radius 1 is 1.43 bits per heavy atom. The van der Waals surface area contributed by atoms with Crippen LogP contribution in [0.4, 0.5) is 0 Å². The minimum absolute atomic E-state index is 0.0633. The molecule has 1 amide bonds. The van der Waals surface area contributed by atoms with Crippen molar-refractivity contribution in [2.24, 2.45) is 11.1 Å². The normalized spacial score (nSPS) is 13.9. The molecule has 0 spiro atoms. The first kappa shape index (κ1) is 13.4. The summed E-state index contributed by atoms with van der Waals surface area (Å²) in [5, 5.41) is 0. The van der Waals surface area contributed by atoms with E-state index in [9.17, 15) is 4.79 Å². The number of carbonyl (C=O) groups excluding carboxylic acids is 1. The van der Waals surface area contributed by atoms with Crippen molar-refractivity contribution in [1.29, 1.82) is 0 Å². The van der Waals surface area contributed by atoms with Crippen LogP contribution >= 0.6 is 0 Å². The Morgan fingerprint density at radius 3 is 2.29 bits per heavy atom. The smallest absolute Gasteiger partial charge is 0.223 e. The number of rotatable bonds is 4. The van der Waals surface area contributed by atoms with Crippen LogP contribution in [0.5, 0.6) is 0 Å². The van der Waals surface area contributed by atoms with Gasteiger partial charge in [-0.05, 0) is 25.3 Å². The molecular formula is C11H24N2O. The van der Waals surface area contributed by atoms with Crippen LogP contribution in [0.15, 0.2) is 0 Å². The average molecular weight is 200 g/mol. The monoisotopic (exact) mass is 200 g/mol. The third-order valence-electron chi connectivity index (χ3n) is 2.32. The summed E-state index contributed by atoms with van der Waals surface area (Å²) >= 11 is 0. The fourth-order valence-corrected chi connectivity index (χ4v) is 1.26. The van der Waals surface area contributed by atoms with Crippen LogP contribution in [0.3, 0.4) is 0 Å². The fraction of sp³-hybridized carbons (Fsp3) is 0.909. The maximum Gasteiger partial charge on any atom is 0.223 e. The molecule has 0 aliphatic heterocycles. The Balaban J connectivity index is 4.12. The minimum atomic E-state index is 0.0633. The van der Waals surface area contributed by atoms with E-state index in [1.807, 2.05) is 14.0 Å². The lowest BCUT2D eigenvalue weighted by Gasteiger charge is -2.28. The summed E-state index contributed by atoms with van der Waals surface area (Å²) in [7, 11) is 1.86. The highest BCUT2D eigenvalue weighted by Crippen LogP contribution is 2.20. The first-order chi connectivity index (χ1) is 6.28. The van der Waals surface area contributed by atoms with E-state index >= 15 is 0 Å². The van der Waals surface area contributed by atoms with Crippen molar-refractivity contribution >= 4 is 5.91 Å². The van der Waals surface area contributed by atoms with Crippen LogP contribution in [-0.2, 0) is 4.79 Å². The largest absolute Gasteiger partial charge is 0.343 e. The van der Waals surface area contributed by atoms with E-state index in [0.717, 1.165) is 6.42 Å². The molecule has 84 valence electrons. The molecule has 3 nitrogen and oxygen atoms in total. The number of nitrogens with two attached hydrogens (primary N) is 1. The highest BCUT2D eigenvalue weighted by atomic mass is 16.2. The van der Waals surface area contributed by atoms with Gasteiger partial charge >= 0.3 is 0 Å². The van der Waals surface area contributed by atoms with Gasteiger partial charge in [0.2, 0.25) is 5.91 Å². The molecule has 0 aromatic heterocycles. The first-order valence-electron chi connectivity index (χ1n) is 5.23. The van der Waals surface area contributed by atoms with Crippen molar-refractivity contribution in [2.75, 3.05) is 13.6 Å². The fourth-order valence-electron chi connectivity index (χ4n) is 1.26. The van der Waals surface area contributed by atoms with Crippen molar-refractivity contribution < 1.29 is 4.79 Å². The number of hydrogen-bond acceptors (Lipinski definition) is 2. The van der Waals surface area contributed by atoms with Crippen LogP contribution in [0, 0.1) is 5.41 Å². The van der Waals surface area contributed by atoms with Gasteiger partial charge in [0.1, 0.15) is 0 Å². The molecular weight excluding hydrogens is 176 g/mol. The van der Waals surface area contributed by atoms with Crippen LogP contribution in [0.2, 0.25) is 0 Å². The highest BCUT2D eigenvalue weighted by molar-refractivity contribution is 5.76. The molecule has 0 fully saturated rings. The van der Waals surface area contributed by atoms with Gasteiger partial charge < -0.3 is 10.6 Å². The minimum Gasteiger partial charge on any atom is -0.343 e. The molecule has 2 N–H and O–H groups in total. The second-order valence-corrected chi connectivity index (χ2v) is 5.17. The number of hydrogen-bond donors (Lipinski definition) is 1. The molecule has 0 aromatic rings. The van der Waals surface area contributed by atoms with E-state index in [-0.39, 0.29) is 17.4 Å². The summed E-state index contributed by atoms with van der Waals surface area (Å²) in [5.41, 5.74) is 5.52. The van der Waals surface area contributed by atoms with Gasteiger partial charge in [0.25, 0.3) is 0 Å². The number of amides is 1. The van der Waals surface area contributed by atoms with Gasteiger partial charge in [-0.2, -0.15) is 0 Å². The van der Waals surface area contributed by atoms with Crippen molar-refractivity contribution in [3.8, 4) is 0 Å². The summed E-state index contributed by atoms with van der Waals surface area (Å²) < 4.78 is 0. The summed E-state index contributed by atoms with van der Waals surface area (Å²) in [6.07, 6.45) is 1.46. The molecule has 0 aromatic carbocycles. The van der Waals surface area contributed by atoms with E-state index < -0.39 is 0 Å². The van der Waals surface area contributed by atoms with Crippen LogP contribution < -0.4 is 5.73 Å². The lowest BCUT2D eigenvalue weighted by atomic mass is 9.91. The van der Waals surface area contributed by atoms with Crippen LogP contribution in [-0.4, -0.2) is 30.4 Å². The van der Waals surface area contributed by atoms with Crippen LogP contribution in [0.25, 0.3) is 0 Å². The van der Waals surface area contributed by atoms with Gasteiger partial charge in [0.15, 0.2) is 0 Å². The second-order valence-electron chi connectivity index (χ2n) is 5.17. The van der Waals surface area contributed by atoms with Crippen molar-refractivity contribution in [3.63, 3.8) is 0 Å². The molecule has 0 saturated heterocycles. The predicted octanol–water partition coefficient (Wildman–Crippen LogP) is 1.62. The Hall–Kier alpha value is -0.570. The molecule has 14 heavy (non-hydrogen) atoms. The lowest BCUT2D eigenvalue weighted by Crippen LogP contribution is -2.38. The molecule has 0 rings (SSSR count). The predicted molar refractivity (Wildman–Crippen MR) is 60.0 cm³/mol. The van der Waals surface area contributed by atoms with Gasteiger partial charge in [-0.1, -0.05) is 20.8 Å². The van der Waals surface area contributed by atoms with Gasteiger partial charge in [-0.3, -0.25) is 4.79 Å². The summed E-state index contributed by atoms with van der Waals surface area (Å²) in [4.78, 5) is 13.6. The van der Waals surface area contributed by atoms with Gasteiger partial charge in [0, 0.05) is 19.5 Å². The van der Waals surface area contributed by atoms with E-state index in [2.05, 4.69) is 20.8 Å². The van der Waals surface area contributed by atoms with Gasteiger partial charge in [-0.25, -0.2) is 0 Å². The van der Waals surface area contributed by atoms with Crippen molar-refractivity contribution in [3.05, 3.63) is 0 Å². The third kappa shape index (κ3) is 5.22. The molecule has 1 unspecified atom stereocenters. The summed E-state index contributed by atoms with van der Waals surface area (Å²) in [5.74, 6) is 0.207. The van der Waals surface area contributed by atoms with E-state index in [4.69, 9.17) is 5.73 Å². The van der Waals surface area contributed by atoms with E-state index in [1.165, 1.54) is 0 Å². The molecule has 0 aliphatic carbocycles. The van der Waals surface area contributed by atoms with Crippen molar-refractivity contribution in [1.82, 2.24) is 4.90 Å².